The molecule has 0 saturated carbocycles. The molecule has 1 saturated heterocycles. The molecule has 3 aromatic carbocycles. The van der Waals surface area contributed by atoms with Gasteiger partial charge in [0.25, 0.3) is 5.91 Å². The van der Waals surface area contributed by atoms with Crippen molar-refractivity contribution in [3.8, 4) is 5.75 Å². The molecule has 182 valence electrons. The molecular weight excluding hydrogens is 471 g/mol. The van der Waals surface area contributed by atoms with E-state index in [1.54, 1.807) is 12.1 Å². The minimum Gasteiger partial charge on any atom is -0.497 e. The Morgan fingerprint density at radius 2 is 1.53 bits per heavy atom. The molecule has 11 heteroatoms. The maximum atomic E-state index is 13.1. The number of nitrogens with zero attached hydrogens (tertiary/aromatic N) is 2. The molecule has 6 amide bonds. The first-order valence-corrected chi connectivity index (χ1v) is 10.6. The average Bonchev–Trinajstić information content (AvgIpc) is 3.08. The van der Waals surface area contributed by atoms with Gasteiger partial charge in [0.15, 0.2) is 0 Å². The lowest BCUT2D eigenvalue weighted by atomic mass is 10.1. The van der Waals surface area contributed by atoms with Crippen LogP contribution in [0.5, 0.6) is 5.75 Å². The summed E-state index contributed by atoms with van der Waals surface area (Å²) in [4.78, 5) is 64.2. The van der Waals surface area contributed by atoms with E-state index in [0.717, 1.165) is 0 Å². The second kappa shape index (κ2) is 10.1. The number of urea groups is 1. The second-order valence-corrected chi connectivity index (χ2v) is 7.57. The van der Waals surface area contributed by atoms with Crippen LogP contribution < -0.4 is 20.3 Å². The van der Waals surface area contributed by atoms with E-state index >= 15 is 0 Å². The van der Waals surface area contributed by atoms with E-state index in [4.69, 9.17) is 4.74 Å². The predicted molar refractivity (Wildman–Crippen MR) is 127 cm³/mol. The van der Waals surface area contributed by atoms with Crippen LogP contribution >= 0.6 is 0 Å². The monoisotopic (exact) mass is 490 g/mol. The normalized spacial score (nSPS) is 13.1. The highest BCUT2D eigenvalue weighted by molar-refractivity contribution is 6.53. The molecule has 0 radical (unpaired) electrons. The Morgan fingerprint density at radius 3 is 2.19 bits per heavy atom. The summed E-state index contributed by atoms with van der Waals surface area (Å²) in [6.45, 7) is -0.746. The van der Waals surface area contributed by atoms with Crippen molar-refractivity contribution in [3.63, 3.8) is 0 Å². The molecule has 0 atom stereocenters. The number of rotatable bonds is 7. The fourth-order valence-electron chi connectivity index (χ4n) is 3.46. The standard InChI is InChI=1S/C25H19FN4O6/c1-36-18-12-10-17(11-13-18)30-24(34)23(33)29(25(30)35)14-21(31)28-20-5-3-2-4-19(20)22(32)27-16-8-6-15(26)7-9-16/h2-13H,14H2,1H3,(H,27,32)(H,28,31). The first-order chi connectivity index (χ1) is 17.3. The van der Waals surface area contributed by atoms with Crippen LogP contribution in [0.2, 0.25) is 0 Å². The average molecular weight is 490 g/mol. The smallest absolute Gasteiger partial charge is 0.339 e. The number of amides is 6. The van der Waals surface area contributed by atoms with Crippen molar-refractivity contribution in [1.29, 1.82) is 0 Å². The third kappa shape index (κ3) is 4.89. The molecule has 1 heterocycles. The molecule has 1 aliphatic heterocycles. The van der Waals surface area contributed by atoms with Gasteiger partial charge in [-0.2, -0.15) is 0 Å². The number of carbonyl (C=O) groups is 5. The van der Waals surface area contributed by atoms with E-state index in [1.165, 1.54) is 67.8 Å². The first-order valence-electron chi connectivity index (χ1n) is 10.6. The molecular formula is C25H19FN4O6. The number of nitrogens with one attached hydrogen (secondary N) is 2. The van der Waals surface area contributed by atoms with Crippen molar-refractivity contribution in [2.75, 3.05) is 29.2 Å². The summed E-state index contributed by atoms with van der Waals surface area (Å²) >= 11 is 0. The summed E-state index contributed by atoms with van der Waals surface area (Å²) in [5, 5.41) is 5.08. The molecule has 10 nitrogen and oxygen atoms in total. The summed E-state index contributed by atoms with van der Waals surface area (Å²) in [6.07, 6.45) is 0. The summed E-state index contributed by atoms with van der Waals surface area (Å²) in [5.74, 6) is -3.61. The van der Waals surface area contributed by atoms with Crippen LogP contribution in [0, 0.1) is 5.82 Å². The molecule has 36 heavy (non-hydrogen) atoms. The minimum absolute atomic E-state index is 0.0881. The maximum Gasteiger partial charge on any atom is 0.339 e. The van der Waals surface area contributed by atoms with Crippen molar-refractivity contribution < 1.29 is 33.1 Å². The highest BCUT2D eigenvalue weighted by atomic mass is 19.1. The highest BCUT2D eigenvalue weighted by Crippen LogP contribution is 2.25. The van der Waals surface area contributed by atoms with Crippen LogP contribution in [0.4, 0.5) is 26.2 Å². The van der Waals surface area contributed by atoms with E-state index in [1.807, 2.05) is 0 Å². The van der Waals surface area contributed by atoms with Crippen molar-refractivity contribution in [2.24, 2.45) is 0 Å². The zero-order valence-electron chi connectivity index (χ0n) is 18.9. The van der Waals surface area contributed by atoms with Gasteiger partial charge in [-0.25, -0.2) is 19.0 Å². The fourth-order valence-corrected chi connectivity index (χ4v) is 3.46. The molecule has 0 bridgehead atoms. The lowest BCUT2D eigenvalue weighted by Crippen LogP contribution is -2.39. The first kappa shape index (κ1) is 24.1. The third-order valence-electron chi connectivity index (χ3n) is 5.23. The summed E-state index contributed by atoms with van der Waals surface area (Å²) in [6, 6.07) is 16.1. The van der Waals surface area contributed by atoms with Crippen LogP contribution in [-0.2, 0) is 14.4 Å². The minimum atomic E-state index is -1.16. The number of para-hydroxylation sites is 1. The van der Waals surface area contributed by atoms with Crippen molar-refractivity contribution >= 4 is 46.7 Å². The van der Waals surface area contributed by atoms with Crippen LogP contribution in [0.15, 0.2) is 72.8 Å². The number of halogens is 1. The number of carbonyl (C=O) groups excluding carboxylic acids is 5. The van der Waals surface area contributed by atoms with Crippen LogP contribution in [0.25, 0.3) is 0 Å². The quantitative estimate of drug-likeness (QED) is 0.388. The van der Waals surface area contributed by atoms with E-state index in [2.05, 4.69) is 10.6 Å². The number of ether oxygens (including phenoxy) is 1. The van der Waals surface area contributed by atoms with Gasteiger partial charge < -0.3 is 15.4 Å². The number of hydrogen-bond acceptors (Lipinski definition) is 6. The van der Waals surface area contributed by atoms with Gasteiger partial charge >= 0.3 is 17.8 Å². The molecule has 1 aliphatic rings. The molecule has 0 unspecified atom stereocenters. The topological polar surface area (TPSA) is 125 Å². The molecule has 3 aromatic rings. The number of methoxy groups -OCH3 is 1. The Balaban J connectivity index is 1.46. The largest absolute Gasteiger partial charge is 0.497 e. The Labute approximate surface area is 204 Å². The Bertz CT molecular complexity index is 1360. The lowest BCUT2D eigenvalue weighted by molar-refractivity contribution is -0.140. The van der Waals surface area contributed by atoms with E-state index < -0.39 is 42.0 Å². The van der Waals surface area contributed by atoms with Crippen LogP contribution in [0.3, 0.4) is 0 Å². The Hall–Kier alpha value is -5.06. The zero-order valence-corrected chi connectivity index (χ0v) is 18.9. The SMILES string of the molecule is COc1ccc(N2C(=O)C(=O)N(CC(=O)Nc3ccccc3C(=O)Nc3ccc(F)cc3)C2=O)cc1. The number of benzene rings is 3. The van der Waals surface area contributed by atoms with Gasteiger partial charge in [-0.1, -0.05) is 12.1 Å². The van der Waals surface area contributed by atoms with Gasteiger partial charge in [0.05, 0.1) is 24.0 Å². The molecule has 2 N–H and O–H groups in total. The molecule has 4 rings (SSSR count). The van der Waals surface area contributed by atoms with E-state index in [0.29, 0.717) is 21.2 Å². The van der Waals surface area contributed by atoms with Gasteiger partial charge in [-0.3, -0.25) is 19.2 Å². The van der Waals surface area contributed by atoms with Gasteiger partial charge in [-0.15, -0.1) is 0 Å². The van der Waals surface area contributed by atoms with Crippen molar-refractivity contribution in [3.05, 3.63) is 84.2 Å². The van der Waals surface area contributed by atoms with Gasteiger partial charge in [0.2, 0.25) is 5.91 Å². The predicted octanol–water partition coefficient (Wildman–Crippen LogP) is 3.02. The molecule has 1 fully saturated rings. The van der Waals surface area contributed by atoms with E-state index in [9.17, 15) is 28.4 Å². The van der Waals surface area contributed by atoms with Gasteiger partial charge in [0.1, 0.15) is 18.1 Å². The Kier molecular flexibility index (Phi) is 6.72. The van der Waals surface area contributed by atoms with E-state index in [-0.39, 0.29) is 16.9 Å². The highest BCUT2D eigenvalue weighted by Gasteiger charge is 2.46. The number of imide groups is 2. The molecule has 0 aromatic heterocycles. The zero-order chi connectivity index (χ0) is 25.8. The maximum absolute atomic E-state index is 13.1. The number of anilines is 3. The second-order valence-electron chi connectivity index (χ2n) is 7.57. The van der Waals surface area contributed by atoms with Crippen molar-refractivity contribution in [2.45, 2.75) is 0 Å². The Morgan fingerprint density at radius 1 is 0.861 bits per heavy atom. The summed E-state index contributed by atoms with van der Waals surface area (Å²) in [7, 11) is 1.45. The molecule has 0 spiro atoms. The number of hydrogen-bond donors (Lipinski definition) is 2. The third-order valence-corrected chi connectivity index (χ3v) is 5.23. The van der Waals surface area contributed by atoms with Gasteiger partial charge in [-0.05, 0) is 60.7 Å². The van der Waals surface area contributed by atoms with Crippen LogP contribution in [-0.4, -0.2) is 48.2 Å². The molecule has 0 aliphatic carbocycles. The van der Waals surface area contributed by atoms with Gasteiger partial charge in [0, 0.05) is 5.69 Å². The summed E-state index contributed by atoms with van der Waals surface area (Å²) < 4.78 is 18.2. The van der Waals surface area contributed by atoms with Crippen molar-refractivity contribution in [1.82, 2.24) is 4.90 Å². The van der Waals surface area contributed by atoms with Crippen LogP contribution in [0.1, 0.15) is 10.4 Å². The summed E-state index contributed by atoms with van der Waals surface area (Å²) in [5.41, 5.74) is 0.683. The fraction of sp³-hybridized carbons (Fsp3) is 0.0800. The lowest BCUT2D eigenvalue weighted by Gasteiger charge is -2.16.